The standard InChI is InChI=1S/C23H15BrN4O4/c24-19-7-3-2-6-18(19)23(31)32-20-8-4-1-5-16(20)14-26-28-22(30)21(29)27-17-11-9-15(13-25)10-12-17/h1-12,14H,(H,27,29)(H,28,30)/b26-14+. The van der Waals surface area contributed by atoms with Crippen molar-refractivity contribution >= 4 is 45.6 Å². The molecule has 3 aromatic rings. The van der Waals surface area contributed by atoms with Gasteiger partial charge in [0.2, 0.25) is 0 Å². The van der Waals surface area contributed by atoms with Crippen LogP contribution in [-0.2, 0) is 9.59 Å². The summed E-state index contributed by atoms with van der Waals surface area (Å²) in [6.07, 6.45) is 1.26. The molecule has 0 heterocycles. The molecule has 158 valence electrons. The Hall–Kier alpha value is -4.29. The highest BCUT2D eigenvalue weighted by atomic mass is 79.9. The first-order valence-corrected chi connectivity index (χ1v) is 9.97. The second kappa shape index (κ2) is 10.7. The number of hydrazone groups is 1. The zero-order chi connectivity index (χ0) is 22.9. The van der Waals surface area contributed by atoms with Crippen LogP contribution in [0.1, 0.15) is 21.5 Å². The Morgan fingerprint density at radius 1 is 0.938 bits per heavy atom. The third kappa shape index (κ3) is 5.87. The smallest absolute Gasteiger partial charge is 0.344 e. The number of hydrogen-bond acceptors (Lipinski definition) is 6. The number of benzene rings is 3. The number of amides is 2. The lowest BCUT2D eigenvalue weighted by atomic mass is 10.2. The zero-order valence-corrected chi connectivity index (χ0v) is 18.0. The number of halogens is 1. The number of nitrogens with zero attached hydrogens (tertiary/aromatic N) is 2. The molecule has 9 heteroatoms. The fourth-order valence-corrected chi connectivity index (χ4v) is 2.94. The normalized spacial score (nSPS) is 10.2. The monoisotopic (exact) mass is 490 g/mol. The van der Waals surface area contributed by atoms with Gasteiger partial charge < -0.3 is 10.1 Å². The van der Waals surface area contributed by atoms with E-state index in [1.54, 1.807) is 48.5 Å². The Balaban J connectivity index is 1.62. The lowest BCUT2D eigenvalue weighted by molar-refractivity contribution is -0.136. The molecule has 0 aliphatic rings. The van der Waals surface area contributed by atoms with Crippen LogP contribution in [0.15, 0.2) is 82.4 Å². The summed E-state index contributed by atoms with van der Waals surface area (Å²) in [6.45, 7) is 0. The van der Waals surface area contributed by atoms with Crippen molar-refractivity contribution in [2.45, 2.75) is 0 Å². The topological polar surface area (TPSA) is 121 Å². The largest absolute Gasteiger partial charge is 0.422 e. The number of nitrogens with one attached hydrogen (secondary N) is 2. The molecule has 3 rings (SSSR count). The fourth-order valence-electron chi connectivity index (χ4n) is 2.49. The van der Waals surface area contributed by atoms with Gasteiger partial charge in [-0.2, -0.15) is 10.4 Å². The van der Waals surface area contributed by atoms with Gasteiger partial charge in [-0.1, -0.05) is 24.3 Å². The molecule has 0 fully saturated rings. The van der Waals surface area contributed by atoms with Crippen molar-refractivity contribution in [3.8, 4) is 11.8 Å². The Morgan fingerprint density at radius 3 is 2.34 bits per heavy atom. The van der Waals surface area contributed by atoms with Crippen molar-refractivity contribution in [1.82, 2.24) is 5.43 Å². The van der Waals surface area contributed by atoms with E-state index in [1.165, 1.54) is 30.5 Å². The third-order valence-corrected chi connectivity index (χ3v) is 4.75. The molecule has 0 aliphatic carbocycles. The van der Waals surface area contributed by atoms with Gasteiger partial charge in [0.25, 0.3) is 0 Å². The average Bonchev–Trinajstić information content (AvgIpc) is 2.80. The van der Waals surface area contributed by atoms with Crippen molar-refractivity contribution in [3.05, 3.63) is 94.0 Å². The van der Waals surface area contributed by atoms with Crippen LogP contribution in [0.5, 0.6) is 5.75 Å². The molecule has 0 aliphatic heterocycles. The maximum Gasteiger partial charge on any atom is 0.344 e. The molecule has 0 bridgehead atoms. The maximum absolute atomic E-state index is 12.4. The summed E-state index contributed by atoms with van der Waals surface area (Å²) in [4.78, 5) is 36.4. The first-order valence-electron chi connectivity index (χ1n) is 9.18. The highest BCUT2D eigenvalue weighted by molar-refractivity contribution is 9.10. The van der Waals surface area contributed by atoms with Crippen LogP contribution in [0.2, 0.25) is 0 Å². The Labute approximate surface area is 191 Å². The van der Waals surface area contributed by atoms with Crippen LogP contribution < -0.4 is 15.5 Å². The van der Waals surface area contributed by atoms with Gasteiger partial charge in [-0.25, -0.2) is 10.2 Å². The van der Waals surface area contributed by atoms with Gasteiger partial charge in [0, 0.05) is 15.7 Å². The molecule has 3 aromatic carbocycles. The van der Waals surface area contributed by atoms with E-state index in [9.17, 15) is 14.4 Å². The number of carbonyl (C=O) groups excluding carboxylic acids is 3. The van der Waals surface area contributed by atoms with E-state index in [0.717, 1.165) is 0 Å². The highest BCUT2D eigenvalue weighted by Gasteiger charge is 2.15. The molecular weight excluding hydrogens is 476 g/mol. The Kier molecular flexibility index (Phi) is 7.46. The molecule has 0 saturated carbocycles. The van der Waals surface area contributed by atoms with Crippen molar-refractivity contribution in [2.75, 3.05) is 5.32 Å². The number of hydrogen-bond donors (Lipinski definition) is 2. The van der Waals surface area contributed by atoms with E-state index in [1.807, 2.05) is 6.07 Å². The van der Waals surface area contributed by atoms with Crippen LogP contribution in [0.3, 0.4) is 0 Å². The van der Waals surface area contributed by atoms with Gasteiger partial charge in [0.1, 0.15) is 5.75 Å². The van der Waals surface area contributed by atoms with Crippen molar-refractivity contribution < 1.29 is 19.1 Å². The Bertz CT molecular complexity index is 1230. The molecule has 0 aromatic heterocycles. The molecule has 0 unspecified atom stereocenters. The lowest BCUT2D eigenvalue weighted by Crippen LogP contribution is -2.32. The molecular formula is C23H15BrN4O4. The van der Waals surface area contributed by atoms with Crippen LogP contribution in [0.4, 0.5) is 5.69 Å². The molecule has 0 saturated heterocycles. The molecule has 0 atom stereocenters. The average molecular weight is 491 g/mol. The maximum atomic E-state index is 12.4. The van der Waals surface area contributed by atoms with Gasteiger partial charge in [0.15, 0.2) is 0 Å². The number of rotatable bonds is 5. The third-order valence-electron chi connectivity index (χ3n) is 4.06. The predicted molar refractivity (Wildman–Crippen MR) is 121 cm³/mol. The summed E-state index contributed by atoms with van der Waals surface area (Å²) in [5, 5.41) is 14.9. The molecule has 32 heavy (non-hydrogen) atoms. The number of para-hydroxylation sites is 1. The number of esters is 1. The fraction of sp³-hybridized carbons (Fsp3) is 0. The minimum atomic E-state index is -0.992. The number of nitriles is 1. The quantitative estimate of drug-likeness (QED) is 0.186. The molecule has 2 amide bonds. The predicted octanol–water partition coefficient (Wildman–Crippen LogP) is 3.63. The molecule has 2 N–H and O–H groups in total. The van der Waals surface area contributed by atoms with Gasteiger partial charge in [-0.15, -0.1) is 0 Å². The Morgan fingerprint density at radius 2 is 1.62 bits per heavy atom. The summed E-state index contributed by atoms with van der Waals surface area (Å²) < 4.78 is 6.03. The van der Waals surface area contributed by atoms with Crippen molar-refractivity contribution in [3.63, 3.8) is 0 Å². The summed E-state index contributed by atoms with van der Waals surface area (Å²) in [5.74, 6) is -2.26. The number of ether oxygens (including phenoxy) is 1. The second-order valence-corrected chi connectivity index (χ2v) is 7.10. The van der Waals surface area contributed by atoms with E-state index in [-0.39, 0.29) is 5.75 Å². The summed E-state index contributed by atoms with van der Waals surface area (Å²) >= 11 is 3.30. The van der Waals surface area contributed by atoms with E-state index >= 15 is 0 Å². The van der Waals surface area contributed by atoms with Gasteiger partial charge >= 0.3 is 17.8 Å². The van der Waals surface area contributed by atoms with E-state index in [0.29, 0.717) is 26.9 Å². The van der Waals surface area contributed by atoms with Crippen molar-refractivity contribution in [2.24, 2.45) is 5.10 Å². The van der Waals surface area contributed by atoms with E-state index < -0.39 is 17.8 Å². The summed E-state index contributed by atoms with van der Waals surface area (Å²) in [7, 11) is 0. The van der Waals surface area contributed by atoms with Crippen LogP contribution in [-0.4, -0.2) is 24.0 Å². The first-order chi connectivity index (χ1) is 15.5. The van der Waals surface area contributed by atoms with Gasteiger partial charge in [-0.05, 0) is 64.5 Å². The van der Waals surface area contributed by atoms with Crippen LogP contribution >= 0.6 is 15.9 Å². The molecule has 8 nitrogen and oxygen atoms in total. The SMILES string of the molecule is N#Cc1ccc(NC(=O)C(=O)N/N=C/c2ccccc2OC(=O)c2ccccc2Br)cc1. The molecule has 0 spiro atoms. The van der Waals surface area contributed by atoms with Gasteiger partial charge in [0.05, 0.1) is 23.4 Å². The lowest BCUT2D eigenvalue weighted by Gasteiger charge is -2.08. The first kappa shape index (κ1) is 22.4. The highest BCUT2D eigenvalue weighted by Crippen LogP contribution is 2.21. The zero-order valence-electron chi connectivity index (χ0n) is 16.4. The minimum absolute atomic E-state index is 0.230. The van der Waals surface area contributed by atoms with Gasteiger partial charge in [-0.3, -0.25) is 9.59 Å². The van der Waals surface area contributed by atoms with Crippen molar-refractivity contribution in [1.29, 1.82) is 5.26 Å². The van der Waals surface area contributed by atoms with E-state index in [2.05, 4.69) is 31.8 Å². The van der Waals surface area contributed by atoms with Crippen LogP contribution in [0.25, 0.3) is 0 Å². The van der Waals surface area contributed by atoms with E-state index in [4.69, 9.17) is 10.00 Å². The summed E-state index contributed by atoms with van der Waals surface area (Å²) in [6, 6.07) is 21.4. The number of carbonyl (C=O) groups is 3. The molecule has 0 radical (unpaired) electrons. The van der Waals surface area contributed by atoms with Crippen LogP contribution in [0, 0.1) is 11.3 Å². The second-order valence-electron chi connectivity index (χ2n) is 6.25. The minimum Gasteiger partial charge on any atom is -0.422 e. The number of anilines is 1. The summed E-state index contributed by atoms with van der Waals surface area (Å²) in [5.41, 5.74) is 3.67.